The number of pyridine rings is 2. The van der Waals surface area contributed by atoms with Crippen LogP contribution in [0.2, 0.25) is 0 Å². The smallest absolute Gasteiger partial charge is 0.225 e. The summed E-state index contributed by atoms with van der Waals surface area (Å²) in [7, 11) is 0. The largest absolute Gasteiger partial charge is 0.296 e. The van der Waals surface area contributed by atoms with E-state index in [0.717, 1.165) is 6.54 Å². The lowest BCUT2D eigenvalue weighted by Gasteiger charge is -2.19. The average molecular weight is 630 g/mol. The Hall–Kier alpha value is -5.99. The van der Waals surface area contributed by atoms with Crippen molar-refractivity contribution in [1.29, 1.82) is 0 Å². The van der Waals surface area contributed by atoms with E-state index in [1.807, 2.05) is 0 Å². The SMILES string of the molecule is Cc1cc(C)c(C[n+]2cc3c(-c4ccccc4)c(-c4ccccc4)c4cccc5c(-c6ccccc6)c(-c6ccccc6)c2n3c45)c(C)c1. The minimum absolute atomic E-state index is 0.770. The Morgan fingerprint density at radius 2 is 0.898 bits per heavy atom. The molecule has 0 fully saturated rings. The van der Waals surface area contributed by atoms with E-state index < -0.39 is 0 Å². The van der Waals surface area contributed by atoms with Crippen LogP contribution in [0.15, 0.2) is 158 Å². The molecule has 0 bridgehead atoms. The number of benzene rings is 6. The second-order valence-electron chi connectivity index (χ2n) is 13.3. The van der Waals surface area contributed by atoms with Gasteiger partial charge >= 0.3 is 0 Å². The van der Waals surface area contributed by atoms with Crippen LogP contribution in [0.4, 0.5) is 0 Å². The van der Waals surface area contributed by atoms with Crippen LogP contribution in [0.5, 0.6) is 0 Å². The Morgan fingerprint density at radius 1 is 0.469 bits per heavy atom. The number of aromatic nitrogens is 2. The van der Waals surface area contributed by atoms with Gasteiger partial charge in [0.1, 0.15) is 18.3 Å². The summed E-state index contributed by atoms with van der Waals surface area (Å²) in [5.74, 6) is 0. The van der Waals surface area contributed by atoms with Crippen LogP contribution >= 0.6 is 0 Å². The topological polar surface area (TPSA) is 8.29 Å². The number of rotatable bonds is 6. The standard InChI is InChI=1S/C47H37N2/c1-31-27-32(2)40(33(3)28-31)29-48-30-41-44(36-21-12-6-13-22-36)42(34-17-8-4-9-18-34)38-25-16-26-39-43(35-19-10-5-11-20-35)45(37-23-14-7-15-24-37)47(48)49(41)46(38)39/h4-28,30H,29H2,1-3H3/q+1. The zero-order valence-corrected chi connectivity index (χ0v) is 28.1. The average Bonchev–Trinajstić information content (AvgIpc) is 3.52. The van der Waals surface area contributed by atoms with Gasteiger partial charge in [-0.25, -0.2) is 4.57 Å². The van der Waals surface area contributed by atoms with Gasteiger partial charge in [-0.1, -0.05) is 157 Å². The fourth-order valence-corrected chi connectivity index (χ4v) is 8.20. The molecule has 234 valence electrons. The van der Waals surface area contributed by atoms with Crippen LogP contribution in [0, 0.1) is 20.8 Å². The summed E-state index contributed by atoms with van der Waals surface area (Å²) in [6.07, 6.45) is 2.43. The van der Waals surface area contributed by atoms with E-state index >= 15 is 0 Å². The molecule has 0 aliphatic carbocycles. The zero-order valence-electron chi connectivity index (χ0n) is 28.1. The predicted octanol–water partition coefficient (Wildman–Crippen LogP) is 11.6. The Balaban J connectivity index is 1.55. The molecule has 9 rings (SSSR count). The first kappa shape index (κ1) is 29.2. The fraction of sp³-hybridized carbons (Fsp3) is 0.0851. The van der Waals surface area contributed by atoms with Crippen LogP contribution in [0.3, 0.4) is 0 Å². The van der Waals surface area contributed by atoms with Gasteiger partial charge in [0.15, 0.2) is 5.52 Å². The summed E-state index contributed by atoms with van der Waals surface area (Å²) >= 11 is 0. The lowest BCUT2D eigenvalue weighted by atomic mass is 9.87. The Bertz CT molecular complexity index is 2580. The molecule has 2 heteroatoms. The number of aryl methyl sites for hydroxylation is 3. The number of imidazole rings is 1. The van der Waals surface area contributed by atoms with Crippen molar-refractivity contribution in [2.75, 3.05) is 0 Å². The summed E-state index contributed by atoms with van der Waals surface area (Å²) in [5.41, 5.74) is 18.9. The van der Waals surface area contributed by atoms with Gasteiger partial charge in [0.2, 0.25) is 0 Å². The molecule has 0 aliphatic heterocycles. The third-order valence-corrected chi connectivity index (χ3v) is 10.2. The van der Waals surface area contributed by atoms with Crippen LogP contribution in [0.25, 0.3) is 72.0 Å². The fourth-order valence-electron chi connectivity index (χ4n) is 8.20. The van der Waals surface area contributed by atoms with Crippen molar-refractivity contribution in [2.24, 2.45) is 0 Å². The highest BCUT2D eigenvalue weighted by Gasteiger charge is 2.33. The van der Waals surface area contributed by atoms with E-state index in [4.69, 9.17) is 0 Å². The third-order valence-electron chi connectivity index (χ3n) is 10.2. The monoisotopic (exact) mass is 629 g/mol. The van der Waals surface area contributed by atoms with Gasteiger partial charge in [-0.3, -0.25) is 0 Å². The summed E-state index contributed by atoms with van der Waals surface area (Å²) < 4.78 is 5.11. The van der Waals surface area contributed by atoms with E-state index in [2.05, 4.69) is 188 Å². The van der Waals surface area contributed by atoms with Crippen molar-refractivity contribution >= 4 is 27.5 Å². The molecule has 0 atom stereocenters. The molecule has 9 aromatic rings. The number of para-hydroxylation sites is 1. The van der Waals surface area contributed by atoms with Gasteiger partial charge in [-0.2, -0.15) is 4.40 Å². The first-order valence-corrected chi connectivity index (χ1v) is 17.2. The molecular formula is C47H37N2+. The molecule has 0 amide bonds. The van der Waals surface area contributed by atoms with Gasteiger partial charge < -0.3 is 0 Å². The van der Waals surface area contributed by atoms with Crippen LogP contribution in [-0.2, 0) is 6.54 Å². The van der Waals surface area contributed by atoms with Gasteiger partial charge in [0.05, 0.1) is 5.56 Å². The van der Waals surface area contributed by atoms with Gasteiger partial charge in [0.25, 0.3) is 5.65 Å². The Kier molecular flexibility index (Phi) is 6.91. The maximum atomic E-state index is 2.58. The highest BCUT2D eigenvalue weighted by Crippen LogP contribution is 2.48. The maximum absolute atomic E-state index is 2.58. The summed E-state index contributed by atoms with van der Waals surface area (Å²) in [5, 5.41) is 2.50. The molecule has 0 saturated carbocycles. The molecule has 0 spiro atoms. The van der Waals surface area contributed by atoms with Crippen molar-refractivity contribution < 1.29 is 4.57 Å². The van der Waals surface area contributed by atoms with Crippen molar-refractivity contribution in [1.82, 2.24) is 4.40 Å². The zero-order chi connectivity index (χ0) is 33.1. The summed E-state index contributed by atoms with van der Waals surface area (Å²) in [4.78, 5) is 0. The van der Waals surface area contributed by atoms with Gasteiger partial charge in [-0.15, -0.1) is 0 Å². The lowest BCUT2D eigenvalue weighted by molar-refractivity contribution is -0.661. The molecule has 3 heterocycles. The minimum atomic E-state index is 0.770. The number of hydrogen-bond acceptors (Lipinski definition) is 0. The van der Waals surface area contributed by atoms with Crippen LogP contribution < -0.4 is 4.57 Å². The van der Waals surface area contributed by atoms with Crippen molar-refractivity contribution in [3.8, 4) is 44.5 Å². The molecule has 0 unspecified atom stereocenters. The van der Waals surface area contributed by atoms with Crippen LogP contribution in [-0.4, -0.2) is 4.40 Å². The van der Waals surface area contributed by atoms with Crippen molar-refractivity contribution in [2.45, 2.75) is 27.3 Å². The molecule has 49 heavy (non-hydrogen) atoms. The predicted molar refractivity (Wildman–Crippen MR) is 205 cm³/mol. The summed E-state index contributed by atoms with van der Waals surface area (Å²) in [6.45, 7) is 7.49. The molecule has 0 radical (unpaired) electrons. The van der Waals surface area contributed by atoms with E-state index in [9.17, 15) is 0 Å². The molecule has 0 N–H and O–H groups in total. The lowest BCUT2D eigenvalue weighted by Crippen LogP contribution is -2.34. The molecule has 6 aromatic carbocycles. The van der Waals surface area contributed by atoms with E-state index in [1.165, 1.54) is 94.2 Å². The summed E-state index contributed by atoms with van der Waals surface area (Å²) in [6, 6.07) is 55.4. The number of hydrogen-bond donors (Lipinski definition) is 0. The molecule has 3 aromatic heterocycles. The second-order valence-corrected chi connectivity index (χ2v) is 13.3. The normalized spacial score (nSPS) is 11.7. The molecule has 2 nitrogen and oxygen atoms in total. The molecule has 0 aliphatic rings. The van der Waals surface area contributed by atoms with E-state index in [1.54, 1.807) is 0 Å². The second kappa shape index (κ2) is 11.6. The van der Waals surface area contributed by atoms with Crippen LogP contribution in [0.1, 0.15) is 22.3 Å². The van der Waals surface area contributed by atoms with Gasteiger partial charge in [0, 0.05) is 27.5 Å². The number of nitrogens with zero attached hydrogens (tertiary/aromatic N) is 2. The minimum Gasteiger partial charge on any atom is -0.225 e. The highest BCUT2D eigenvalue weighted by molar-refractivity contribution is 6.19. The first-order valence-electron chi connectivity index (χ1n) is 17.2. The van der Waals surface area contributed by atoms with Crippen molar-refractivity contribution in [3.63, 3.8) is 0 Å². The highest BCUT2D eigenvalue weighted by atomic mass is 15.1. The van der Waals surface area contributed by atoms with Gasteiger partial charge in [-0.05, 0) is 59.7 Å². The maximum Gasteiger partial charge on any atom is 0.296 e. The Morgan fingerprint density at radius 3 is 1.39 bits per heavy atom. The van der Waals surface area contributed by atoms with E-state index in [0.29, 0.717) is 0 Å². The molecular weight excluding hydrogens is 593 g/mol. The first-order chi connectivity index (χ1) is 24.1. The quantitative estimate of drug-likeness (QED) is 0.162. The molecule has 0 saturated heterocycles. The van der Waals surface area contributed by atoms with E-state index in [-0.39, 0.29) is 0 Å². The third kappa shape index (κ3) is 4.67. The Labute approximate surface area is 287 Å². The van der Waals surface area contributed by atoms with Crippen molar-refractivity contribution in [3.05, 3.63) is 180 Å².